The summed E-state index contributed by atoms with van der Waals surface area (Å²) in [6.07, 6.45) is 5.35. The fraction of sp³-hybridized carbons (Fsp3) is 0.474. The Kier molecular flexibility index (Phi) is 4.42. The first kappa shape index (κ1) is 16.5. The van der Waals surface area contributed by atoms with Crippen LogP contribution in [0.5, 0.6) is 5.75 Å². The average Bonchev–Trinajstić information content (AvgIpc) is 3.41. The molecule has 0 amide bonds. The molecule has 6 heteroatoms. The largest absolute Gasteiger partial charge is 0.490 e. The number of rotatable bonds is 5. The Bertz CT molecular complexity index is 760. The molecule has 2 aromatic rings. The summed E-state index contributed by atoms with van der Waals surface area (Å²) in [4.78, 5) is 13.9. The molecule has 0 bridgehead atoms. The number of hydrogen-bond acceptors (Lipinski definition) is 4. The van der Waals surface area contributed by atoms with Crippen LogP contribution < -0.4 is 9.64 Å². The number of halogens is 1. The van der Waals surface area contributed by atoms with Gasteiger partial charge in [0.25, 0.3) is 0 Å². The van der Waals surface area contributed by atoms with Gasteiger partial charge < -0.3 is 9.64 Å². The lowest BCUT2D eigenvalue weighted by molar-refractivity contribution is 0.111. The van der Waals surface area contributed by atoms with E-state index in [9.17, 15) is 4.79 Å². The third kappa shape index (κ3) is 3.38. The Hall–Kier alpha value is -2.01. The van der Waals surface area contributed by atoms with Crippen LogP contribution in [-0.4, -0.2) is 35.3 Å². The minimum atomic E-state index is 0.193. The fourth-order valence-electron chi connectivity index (χ4n) is 3.54. The van der Waals surface area contributed by atoms with E-state index in [1.807, 2.05) is 31.3 Å². The molecule has 1 aliphatic heterocycles. The number of aromatic nitrogens is 2. The number of carbonyl (C=O) groups is 1. The molecule has 0 spiro atoms. The maximum atomic E-state index is 11.6. The second-order valence-corrected chi connectivity index (χ2v) is 7.33. The number of benzene rings is 1. The van der Waals surface area contributed by atoms with E-state index >= 15 is 0 Å². The van der Waals surface area contributed by atoms with E-state index in [4.69, 9.17) is 16.3 Å². The van der Waals surface area contributed by atoms with Gasteiger partial charge in [-0.3, -0.25) is 9.48 Å². The van der Waals surface area contributed by atoms with Gasteiger partial charge in [0.1, 0.15) is 17.5 Å². The van der Waals surface area contributed by atoms with E-state index in [2.05, 4.69) is 10.00 Å². The second-order valence-electron chi connectivity index (χ2n) is 6.89. The molecule has 0 atom stereocenters. The molecular formula is C19H22ClN3O2. The van der Waals surface area contributed by atoms with Gasteiger partial charge in [-0.2, -0.15) is 5.10 Å². The van der Waals surface area contributed by atoms with E-state index < -0.39 is 0 Å². The molecule has 1 aromatic carbocycles. The lowest BCUT2D eigenvalue weighted by atomic mass is 10.1. The van der Waals surface area contributed by atoms with Gasteiger partial charge in [0.2, 0.25) is 0 Å². The maximum Gasteiger partial charge on any atom is 0.170 e. The number of hydrogen-bond donors (Lipinski definition) is 0. The lowest BCUT2D eigenvalue weighted by Gasteiger charge is -2.34. The van der Waals surface area contributed by atoms with Crippen molar-refractivity contribution in [3.63, 3.8) is 0 Å². The van der Waals surface area contributed by atoms with Crippen molar-refractivity contribution in [3.8, 4) is 5.75 Å². The zero-order chi connectivity index (χ0) is 17.4. The molecule has 1 aromatic heterocycles. The fourth-order valence-corrected chi connectivity index (χ4v) is 3.66. The zero-order valence-electron chi connectivity index (χ0n) is 14.3. The Morgan fingerprint density at radius 2 is 1.84 bits per heavy atom. The molecule has 1 saturated carbocycles. The number of nitrogens with zero attached hydrogens (tertiary/aromatic N) is 3. The highest BCUT2D eigenvalue weighted by molar-refractivity contribution is 6.30. The van der Waals surface area contributed by atoms with Crippen molar-refractivity contribution >= 4 is 23.6 Å². The van der Waals surface area contributed by atoms with Gasteiger partial charge in [0.15, 0.2) is 6.29 Å². The third-order valence-corrected chi connectivity index (χ3v) is 5.29. The highest BCUT2D eigenvalue weighted by Crippen LogP contribution is 2.45. The first-order chi connectivity index (χ1) is 12.2. The molecule has 1 aliphatic carbocycles. The molecule has 0 N–H and O–H groups in total. The van der Waals surface area contributed by atoms with Crippen LogP contribution in [0.4, 0.5) is 5.69 Å². The van der Waals surface area contributed by atoms with Gasteiger partial charge in [0.05, 0.1) is 11.4 Å². The van der Waals surface area contributed by atoms with Crippen LogP contribution in [0.25, 0.3) is 0 Å². The number of aldehydes is 1. The zero-order valence-corrected chi connectivity index (χ0v) is 15.1. The number of ether oxygens (including phenoxy) is 1. The maximum absolute atomic E-state index is 11.6. The summed E-state index contributed by atoms with van der Waals surface area (Å²) in [5.41, 5.74) is 2.84. The predicted octanol–water partition coefficient (Wildman–Crippen LogP) is 3.81. The molecule has 132 valence electrons. The number of carbonyl (C=O) groups excluding carboxylic acids is 1. The van der Waals surface area contributed by atoms with Crippen LogP contribution in [0.1, 0.15) is 47.8 Å². The first-order valence-corrected chi connectivity index (χ1v) is 9.22. The van der Waals surface area contributed by atoms with E-state index in [-0.39, 0.29) is 6.10 Å². The van der Waals surface area contributed by atoms with Crippen LogP contribution in [0.2, 0.25) is 5.02 Å². The van der Waals surface area contributed by atoms with Gasteiger partial charge in [-0.15, -0.1) is 0 Å². The van der Waals surface area contributed by atoms with Crippen molar-refractivity contribution in [2.75, 3.05) is 18.0 Å². The summed E-state index contributed by atoms with van der Waals surface area (Å²) in [7, 11) is 1.86. The van der Waals surface area contributed by atoms with E-state index in [1.54, 1.807) is 4.68 Å². The van der Waals surface area contributed by atoms with Gasteiger partial charge in [-0.25, -0.2) is 0 Å². The summed E-state index contributed by atoms with van der Waals surface area (Å²) in [5, 5.41) is 5.33. The standard InChI is InChI=1S/C19H22ClN3O2/c1-22-17(12-24)19(18(21-22)13-2-3-13)23-10-8-16(9-11-23)25-15-6-4-14(20)5-7-15/h4-7,12-13,16H,2-3,8-11H2,1H3. The van der Waals surface area contributed by atoms with Crippen LogP contribution in [0, 0.1) is 0 Å². The quantitative estimate of drug-likeness (QED) is 0.761. The van der Waals surface area contributed by atoms with E-state index in [0.717, 1.165) is 49.3 Å². The molecule has 1 saturated heterocycles. The summed E-state index contributed by atoms with van der Waals surface area (Å²) in [6, 6.07) is 7.51. The van der Waals surface area contributed by atoms with Crippen molar-refractivity contribution in [1.82, 2.24) is 9.78 Å². The molecule has 2 heterocycles. The average molecular weight is 360 g/mol. The molecular weight excluding hydrogens is 338 g/mol. The van der Waals surface area contributed by atoms with Crippen LogP contribution >= 0.6 is 11.6 Å². The minimum absolute atomic E-state index is 0.193. The first-order valence-electron chi connectivity index (χ1n) is 8.85. The van der Waals surface area contributed by atoms with Crippen molar-refractivity contribution in [1.29, 1.82) is 0 Å². The van der Waals surface area contributed by atoms with Crippen LogP contribution in [0.3, 0.4) is 0 Å². The molecule has 25 heavy (non-hydrogen) atoms. The SMILES string of the molecule is Cn1nc(C2CC2)c(N2CCC(Oc3ccc(Cl)cc3)CC2)c1C=O. The van der Waals surface area contributed by atoms with Crippen LogP contribution in [0.15, 0.2) is 24.3 Å². The summed E-state index contributed by atoms with van der Waals surface area (Å²) in [5.74, 6) is 1.38. The summed E-state index contributed by atoms with van der Waals surface area (Å²) in [6.45, 7) is 1.76. The van der Waals surface area contributed by atoms with Gasteiger partial charge in [-0.1, -0.05) is 11.6 Å². The molecule has 2 aliphatic rings. The Balaban J connectivity index is 1.45. The van der Waals surface area contributed by atoms with Crippen LogP contribution in [-0.2, 0) is 7.05 Å². The summed E-state index contributed by atoms with van der Waals surface area (Å²) < 4.78 is 7.80. The van der Waals surface area contributed by atoms with Crippen molar-refractivity contribution in [2.24, 2.45) is 7.05 Å². The Morgan fingerprint density at radius 3 is 2.44 bits per heavy atom. The van der Waals surface area contributed by atoms with Gasteiger partial charge >= 0.3 is 0 Å². The van der Waals surface area contributed by atoms with Gasteiger partial charge in [-0.05, 0) is 37.1 Å². The number of aryl methyl sites for hydroxylation is 1. The number of piperidine rings is 1. The lowest BCUT2D eigenvalue weighted by Crippen LogP contribution is -2.39. The highest BCUT2D eigenvalue weighted by atomic mass is 35.5. The summed E-state index contributed by atoms with van der Waals surface area (Å²) >= 11 is 5.92. The normalized spacial score (nSPS) is 18.4. The Morgan fingerprint density at radius 1 is 1.16 bits per heavy atom. The van der Waals surface area contributed by atoms with Crippen molar-refractivity contribution < 1.29 is 9.53 Å². The topological polar surface area (TPSA) is 47.4 Å². The second kappa shape index (κ2) is 6.71. The van der Waals surface area contributed by atoms with E-state index in [0.29, 0.717) is 16.6 Å². The van der Waals surface area contributed by atoms with Gasteiger partial charge in [0, 0.05) is 43.9 Å². The monoisotopic (exact) mass is 359 g/mol. The highest BCUT2D eigenvalue weighted by Gasteiger charge is 2.34. The third-order valence-electron chi connectivity index (χ3n) is 5.04. The molecule has 4 rings (SSSR count). The number of anilines is 1. The van der Waals surface area contributed by atoms with Crippen molar-refractivity contribution in [3.05, 3.63) is 40.7 Å². The molecule has 2 fully saturated rings. The smallest absolute Gasteiger partial charge is 0.170 e. The molecule has 0 radical (unpaired) electrons. The Labute approximate surface area is 152 Å². The van der Waals surface area contributed by atoms with Crippen molar-refractivity contribution in [2.45, 2.75) is 37.7 Å². The van der Waals surface area contributed by atoms with E-state index in [1.165, 1.54) is 12.8 Å². The predicted molar refractivity (Wildman–Crippen MR) is 97.9 cm³/mol. The molecule has 5 nitrogen and oxygen atoms in total. The minimum Gasteiger partial charge on any atom is -0.490 e. The molecule has 0 unspecified atom stereocenters.